The Morgan fingerprint density at radius 1 is 1.39 bits per heavy atom. The molecule has 4 nitrogen and oxygen atoms in total. The zero-order valence-electron chi connectivity index (χ0n) is 11.2. The second-order valence-electron chi connectivity index (χ2n) is 4.29. The molecule has 100 valence electrons. The van der Waals surface area contributed by atoms with Crippen LogP contribution in [0.3, 0.4) is 0 Å². The van der Waals surface area contributed by atoms with Gasteiger partial charge in [-0.15, -0.1) is 0 Å². The Bertz CT molecular complexity index is 391. The second-order valence-corrected chi connectivity index (χ2v) is 4.29. The lowest BCUT2D eigenvalue weighted by atomic mass is 10.1. The molecule has 1 aromatic rings. The van der Waals surface area contributed by atoms with E-state index in [1.807, 2.05) is 6.92 Å². The van der Waals surface area contributed by atoms with Crippen LogP contribution in [0, 0.1) is 6.92 Å². The molecule has 1 amide bonds. The van der Waals surface area contributed by atoms with Crippen LogP contribution in [0.5, 0.6) is 0 Å². The van der Waals surface area contributed by atoms with Gasteiger partial charge in [-0.3, -0.25) is 4.79 Å². The van der Waals surface area contributed by atoms with Crippen molar-refractivity contribution in [2.45, 2.75) is 26.7 Å². The summed E-state index contributed by atoms with van der Waals surface area (Å²) in [5.74, 6) is -0.0615. The Kier molecular flexibility index (Phi) is 6.22. The summed E-state index contributed by atoms with van der Waals surface area (Å²) in [6.07, 6.45) is 1.86. The normalized spacial score (nSPS) is 10.3. The van der Waals surface area contributed by atoms with E-state index in [9.17, 15) is 4.79 Å². The molecule has 1 aromatic carbocycles. The van der Waals surface area contributed by atoms with Crippen molar-refractivity contribution in [3.63, 3.8) is 0 Å². The Hall–Kier alpha value is -1.55. The lowest BCUT2D eigenvalue weighted by molar-refractivity contribution is 0.0941. The summed E-state index contributed by atoms with van der Waals surface area (Å²) < 4.78 is 5.34. The largest absolute Gasteiger partial charge is 0.399 e. The average molecular weight is 250 g/mol. The van der Waals surface area contributed by atoms with Crippen molar-refractivity contribution in [1.29, 1.82) is 0 Å². The van der Waals surface area contributed by atoms with Crippen molar-refractivity contribution < 1.29 is 9.53 Å². The number of aryl methyl sites for hydroxylation is 1. The molecule has 3 N–H and O–H groups in total. The maximum atomic E-state index is 11.8. The molecule has 0 atom stereocenters. The summed E-state index contributed by atoms with van der Waals surface area (Å²) in [6, 6.07) is 5.30. The van der Waals surface area contributed by atoms with Gasteiger partial charge in [-0.05, 0) is 43.5 Å². The quantitative estimate of drug-likeness (QED) is 0.575. The maximum Gasteiger partial charge on any atom is 0.251 e. The number of nitrogens with two attached hydrogens (primary N) is 1. The minimum Gasteiger partial charge on any atom is -0.399 e. The van der Waals surface area contributed by atoms with E-state index in [0.29, 0.717) is 24.4 Å². The zero-order valence-corrected chi connectivity index (χ0v) is 11.2. The van der Waals surface area contributed by atoms with Crippen molar-refractivity contribution in [1.82, 2.24) is 5.32 Å². The van der Waals surface area contributed by atoms with Crippen LogP contribution in [-0.4, -0.2) is 25.7 Å². The van der Waals surface area contributed by atoms with E-state index in [-0.39, 0.29) is 5.91 Å². The van der Waals surface area contributed by atoms with Crippen LogP contribution < -0.4 is 11.1 Å². The first-order chi connectivity index (χ1) is 8.65. The van der Waals surface area contributed by atoms with E-state index >= 15 is 0 Å². The SMILES string of the molecule is CCCOCCCNC(=O)c1ccc(N)c(C)c1. The minimum absolute atomic E-state index is 0.0615. The molecular formula is C14H22N2O2. The molecule has 0 aliphatic rings. The van der Waals surface area contributed by atoms with Crippen molar-refractivity contribution in [3.8, 4) is 0 Å². The third-order valence-corrected chi connectivity index (χ3v) is 2.63. The first-order valence-corrected chi connectivity index (χ1v) is 6.37. The number of carbonyl (C=O) groups is 1. The zero-order chi connectivity index (χ0) is 13.4. The summed E-state index contributed by atoms with van der Waals surface area (Å²) in [4.78, 5) is 11.8. The summed E-state index contributed by atoms with van der Waals surface area (Å²) in [5.41, 5.74) is 7.99. The third kappa shape index (κ3) is 4.75. The van der Waals surface area contributed by atoms with Gasteiger partial charge < -0.3 is 15.8 Å². The van der Waals surface area contributed by atoms with E-state index in [1.54, 1.807) is 18.2 Å². The van der Waals surface area contributed by atoms with Gasteiger partial charge in [0.1, 0.15) is 0 Å². The molecule has 0 heterocycles. The molecule has 0 radical (unpaired) electrons. The lowest BCUT2D eigenvalue weighted by Crippen LogP contribution is -2.25. The molecule has 0 saturated carbocycles. The molecule has 1 rings (SSSR count). The molecule has 0 spiro atoms. The van der Waals surface area contributed by atoms with Crippen LogP contribution in [0.25, 0.3) is 0 Å². The molecule has 0 aliphatic carbocycles. The van der Waals surface area contributed by atoms with Crippen molar-refractivity contribution in [3.05, 3.63) is 29.3 Å². The number of hydrogen-bond acceptors (Lipinski definition) is 3. The van der Waals surface area contributed by atoms with Crippen molar-refractivity contribution in [2.75, 3.05) is 25.5 Å². The van der Waals surface area contributed by atoms with Gasteiger partial charge in [0.15, 0.2) is 0 Å². The Balaban J connectivity index is 2.30. The summed E-state index contributed by atoms with van der Waals surface area (Å²) in [7, 11) is 0. The van der Waals surface area contributed by atoms with Crippen LogP contribution in [0.2, 0.25) is 0 Å². The number of nitrogen functional groups attached to an aromatic ring is 1. The fourth-order valence-electron chi connectivity index (χ4n) is 1.54. The van der Waals surface area contributed by atoms with Crippen LogP contribution >= 0.6 is 0 Å². The van der Waals surface area contributed by atoms with Crippen LogP contribution in [-0.2, 0) is 4.74 Å². The van der Waals surface area contributed by atoms with Gasteiger partial charge in [0.25, 0.3) is 5.91 Å². The average Bonchev–Trinajstić information content (AvgIpc) is 2.36. The number of rotatable bonds is 7. The monoisotopic (exact) mass is 250 g/mol. The maximum absolute atomic E-state index is 11.8. The number of ether oxygens (including phenoxy) is 1. The summed E-state index contributed by atoms with van der Waals surface area (Å²) in [6.45, 7) is 6.07. The Morgan fingerprint density at radius 2 is 2.17 bits per heavy atom. The smallest absolute Gasteiger partial charge is 0.251 e. The van der Waals surface area contributed by atoms with E-state index < -0.39 is 0 Å². The highest BCUT2D eigenvalue weighted by atomic mass is 16.5. The highest BCUT2D eigenvalue weighted by molar-refractivity contribution is 5.94. The summed E-state index contributed by atoms with van der Waals surface area (Å²) in [5, 5.41) is 2.86. The molecule has 18 heavy (non-hydrogen) atoms. The van der Waals surface area contributed by atoms with Gasteiger partial charge >= 0.3 is 0 Å². The van der Waals surface area contributed by atoms with Gasteiger partial charge in [0.05, 0.1) is 0 Å². The van der Waals surface area contributed by atoms with E-state index in [0.717, 1.165) is 25.0 Å². The van der Waals surface area contributed by atoms with E-state index in [2.05, 4.69) is 12.2 Å². The van der Waals surface area contributed by atoms with Crippen LogP contribution in [0.1, 0.15) is 35.7 Å². The molecule has 0 aromatic heterocycles. The van der Waals surface area contributed by atoms with Gasteiger partial charge in [-0.25, -0.2) is 0 Å². The molecule has 0 unspecified atom stereocenters. The highest BCUT2D eigenvalue weighted by Crippen LogP contribution is 2.12. The van der Waals surface area contributed by atoms with Crippen molar-refractivity contribution in [2.24, 2.45) is 0 Å². The topological polar surface area (TPSA) is 64.3 Å². The standard InChI is InChI=1S/C14H22N2O2/c1-3-8-18-9-4-7-16-14(17)12-5-6-13(15)11(2)10-12/h5-6,10H,3-4,7-9,15H2,1-2H3,(H,16,17). The first-order valence-electron chi connectivity index (χ1n) is 6.37. The number of carbonyl (C=O) groups excluding carboxylic acids is 1. The fourth-order valence-corrected chi connectivity index (χ4v) is 1.54. The van der Waals surface area contributed by atoms with Gasteiger partial charge in [-0.1, -0.05) is 6.92 Å². The Labute approximate surface area is 109 Å². The predicted octanol–water partition coefficient (Wildman–Crippen LogP) is 2.12. The number of nitrogens with one attached hydrogen (secondary N) is 1. The summed E-state index contributed by atoms with van der Waals surface area (Å²) >= 11 is 0. The molecular weight excluding hydrogens is 228 g/mol. The molecule has 0 aliphatic heterocycles. The molecule has 0 saturated heterocycles. The first kappa shape index (κ1) is 14.5. The van der Waals surface area contributed by atoms with Crippen LogP contribution in [0.4, 0.5) is 5.69 Å². The van der Waals surface area contributed by atoms with Crippen molar-refractivity contribution >= 4 is 11.6 Å². The number of hydrogen-bond donors (Lipinski definition) is 2. The van der Waals surface area contributed by atoms with Gasteiger partial charge in [-0.2, -0.15) is 0 Å². The fraction of sp³-hybridized carbons (Fsp3) is 0.500. The third-order valence-electron chi connectivity index (χ3n) is 2.63. The second kappa shape index (κ2) is 7.71. The Morgan fingerprint density at radius 3 is 2.83 bits per heavy atom. The highest BCUT2D eigenvalue weighted by Gasteiger charge is 2.05. The number of benzene rings is 1. The van der Waals surface area contributed by atoms with Gasteiger partial charge in [0.2, 0.25) is 0 Å². The number of anilines is 1. The van der Waals surface area contributed by atoms with E-state index in [1.165, 1.54) is 0 Å². The number of amides is 1. The molecule has 0 bridgehead atoms. The minimum atomic E-state index is -0.0615. The van der Waals surface area contributed by atoms with E-state index in [4.69, 9.17) is 10.5 Å². The molecule has 0 fully saturated rings. The predicted molar refractivity (Wildman–Crippen MR) is 73.7 cm³/mol. The van der Waals surface area contributed by atoms with Crippen LogP contribution in [0.15, 0.2) is 18.2 Å². The molecule has 4 heteroatoms. The lowest BCUT2D eigenvalue weighted by Gasteiger charge is -2.07. The van der Waals surface area contributed by atoms with Gasteiger partial charge in [0, 0.05) is 31.0 Å².